The first kappa shape index (κ1) is 83.2. The number of para-hydroxylation sites is 2. The molecule has 10 nitrogen and oxygen atoms in total. The third-order valence-electron chi connectivity index (χ3n) is 17.3. The zero-order chi connectivity index (χ0) is 70.4. The van der Waals surface area contributed by atoms with E-state index in [1.807, 2.05) is 85.2 Å². The normalized spacial score (nSPS) is 17.3. The molecule has 0 aromatic heterocycles. The SMILES string of the molecule is C/C=C/C(=O)OCC1C=CC(=O)OC1.C1CCC([PH+](C2CCCCC2)C2CCCCC2)CC1.C=CC(COC(=O)/C=C/C)COC(=O)/C=C/C.CC.CC(C)c1ccccc1N1[CH-]N(c2ccccc2C(C)C)[C@H](c2ccccc2)C1.[Cl][Ru]([Cl])=[CH]c1ccccc1.c1ccccc1. The Bertz CT molecular complexity index is 3040. The molecule has 2 atom stereocenters. The Kier molecular flexibility index (Phi) is 43.0. The average Bonchev–Trinajstić information content (AvgIpc) is 1.61. The number of nitrogens with zero attached hydrogens (tertiary/aromatic N) is 2. The Hall–Kier alpha value is -6.22. The van der Waals surface area contributed by atoms with Crippen molar-refractivity contribution in [3.63, 3.8) is 0 Å². The smallest absolute Gasteiger partial charge is 0.0623 e. The Morgan fingerprint density at radius 3 is 1.40 bits per heavy atom. The summed E-state index contributed by atoms with van der Waals surface area (Å²) in [6.07, 6.45) is 37.2. The number of hydrogen-bond acceptors (Lipinski definition) is 10. The molecule has 14 heteroatoms. The van der Waals surface area contributed by atoms with E-state index in [1.54, 1.807) is 147 Å². The molecule has 4 fully saturated rings. The summed E-state index contributed by atoms with van der Waals surface area (Å²) in [5, 5.41) is 0. The van der Waals surface area contributed by atoms with Crippen molar-refractivity contribution in [1.29, 1.82) is 0 Å². The molecule has 0 spiro atoms. The summed E-state index contributed by atoms with van der Waals surface area (Å²) in [7, 11) is 11.3. The first-order valence-corrected chi connectivity index (χ1v) is 42.6. The van der Waals surface area contributed by atoms with E-state index in [9.17, 15) is 19.2 Å². The van der Waals surface area contributed by atoms with E-state index in [4.69, 9.17) is 38.3 Å². The molecule has 10 rings (SSSR count). The van der Waals surface area contributed by atoms with Crippen molar-refractivity contribution in [3.8, 4) is 0 Å². The van der Waals surface area contributed by atoms with E-state index < -0.39 is 25.5 Å². The van der Waals surface area contributed by atoms with Crippen molar-refractivity contribution >= 4 is 67.2 Å². The van der Waals surface area contributed by atoms with Crippen LogP contribution < -0.4 is 9.80 Å². The molecule has 1 saturated heterocycles. The number of carbonyl (C=O) groups excluding carboxylic acids is 4. The summed E-state index contributed by atoms with van der Waals surface area (Å²) < 4.78 is 21.4. The van der Waals surface area contributed by atoms with Gasteiger partial charge in [-0.15, -0.1) is 6.58 Å². The molecule has 0 amide bonds. The molecule has 5 aromatic carbocycles. The van der Waals surface area contributed by atoms with Gasteiger partial charge in [-0.1, -0.05) is 194 Å². The quantitative estimate of drug-likeness (QED) is 0.0151. The molecule has 3 aliphatic carbocycles. The topological polar surface area (TPSA) is 112 Å². The first-order chi connectivity index (χ1) is 47.1. The van der Waals surface area contributed by atoms with Crippen molar-refractivity contribution in [2.45, 2.75) is 193 Å². The summed E-state index contributed by atoms with van der Waals surface area (Å²) in [4.78, 5) is 48.5. The molecular formula is C83H113Cl2N2O8PRu. The van der Waals surface area contributed by atoms with E-state index in [2.05, 4.69) is 130 Å². The molecule has 0 N–H and O–H groups in total. The Balaban J connectivity index is 0.000000260. The van der Waals surface area contributed by atoms with Gasteiger partial charge in [-0.25, -0.2) is 19.2 Å². The number of halogens is 2. The van der Waals surface area contributed by atoms with Gasteiger partial charge in [-0.2, -0.15) is 6.67 Å². The van der Waals surface area contributed by atoms with Crippen LogP contribution in [0, 0.1) is 18.5 Å². The predicted octanol–water partition coefficient (Wildman–Crippen LogP) is 21.7. The van der Waals surface area contributed by atoms with E-state index in [0.29, 0.717) is 11.8 Å². The number of benzene rings is 5. The predicted molar refractivity (Wildman–Crippen MR) is 409 cm³/mol. The number of anilines is 2. The molecule has 3 saturated carbocycles. The van der Waals surface area contributed by atoms with Gasteiger partial charge in [0, 0.05) is 68.0 Å². The van der Waals surface area contributed by atoms with Crippen molar-refractivity contribution < 1.29 is 51.6 Å². The fraction of sp³-hybridized carbons (Fsp3) is 0.446. The van der Waals surface area contributed by atoms with Gasteiger partial charge < -0.3 is 28.7 Å². The number of carbonyl (C=O) groups is 4. The van der Waals surface area contributed by atoms with Gasteiger partial charge in [0.25, 0.3) is 0 Å². The van der Waals surface area contributed by atoms with E-state index in [-0.39, 0.29) is 64.2 Å². The molecular weight excluding hydrogens is 1360 g/mol. The molecule has 5 aromatic rings. The monoisotopic (exact) mass is 1470 g/mol. The summed E-state index contributed by atoms with van der Waals surface area (Å²) in [6.45, 7) is 26.0. The minimum Gasteiger partial charge on any atom is -0.0623 e. The van der Waals surface area contributed by atoms with Crippen LogP contribution in [0.1, 0.15) is 199 Å². The number of allylic oxidation sites excluding steroid dienone is 3. The fourth-order valence-electron chi connectivity index (χ4n) is 12.6. The second-order valence-electron chi connectivity index (χ2n) is 25.0. The zero-order valence-electron chi connectivity index (χ0n) is 59.4. The number of hydrogen-bond donors (Lipinski definition) is 0. The molecule has 0 radical (unpaired) electrons. The summed E-state index contributed by atoms with van der Waals surface area (Å²) >= 11 is -1.61. The largest absolute Gasteiger partial charge is 0.0623 e. The van der Waals surface area contributed by atoms with Crippen LogP contribution in [0.25, 0.3) is 0 Å². The van der Waals surface area contributed by atoms with Crippen LogP contribution in [0.15, 0.2) is 207 Å². The molecule has 1 unspecified atom stereocenters. The minimum absolute atomic E-state index is 0.0260. The Morgan fingerprint density at radius 2 is 0.990 bits per heavy atom. The van der Waals surface area contributed by atoms with E-state index in [0.717, 1.165) is 12.1 Å². The second kappa shape index (κ2) is 50.2. The molecule has 2 aliphatic heterocycles. The number of rotatable bonds is 19. The number of esters is 4. The molecule has 0 bridgehead atoms. The summed E-state index contributed by atoms with van der Waals surface area (Å²) in [5.74, 6) is -0.808. The van der Waals surface area contributed by atoms with Gasteiger partial charge in [0.2, 0.25) is 0 Å². The van der Waals surface area contributed by atoms with E-state index >= 15 is 0 Å². The van der Waals surface area contributed by atoms with Crippen molar-refractivity contribution in [1.82, 2.24) is 0 Å². The van der Waals surface area contributed by atoms with Crippen LogP contribution >= 0.6 is 27.3 Å². The van der Waals surface area contributed by atoms with Gasteiger partial charge in [0.15, 0.2) is 0 Å². The maximum absolute atomic E-state index is 11.0. The zero-order valence-corrected chi connectivity index (χ0v) is 63.7. The average molecular weight is 1470 g/mol. The summed E-state index contributed by atoms with van der Waals surface area (Å²) in [5.41, 5.74) is 11.6. The second-order valence-corrected chi connectivity index (χ2v) is 34.2. The van der Waals surface area contributed by atoms with Crippen LogP contribution in [0.2, 0.25) is 0 Å². The Labute approximate surface area is 598 Å². The van der Waals surface area contributed by atoms with Crippen molar-refractivity contribution in [2.75, 3.05) is 42.8 Å². The minimum atomic E-state index is -1.61. The first-order valence-electron chi connectivity index (χ1n) is 35.4. The Morgan fingerprint density at radius 1 is 0.588 bits per heavy atom. The molecule has 5 aliphatic rings. The standard InChI is InChI=1S/C27H31N2.C18H33P.C13H18O4.C10H12O4.C7H6.C6H6.C2H6.2ClH.Ru/c1-20(2)23-14-8-10-16-25(23)28-18-27(22-12-6-5-7-13-22)29(19-28)26-17-11-9-15-24(26)21(3)4;1-4-10-16(11-5-1)19(17-12-6-2-7-13-17)18-14-8-3-9-15-18;1-4-7-12(14)16-9-11(6-3)10-17-13(15)8-5-2;1-2-3-9(11)13-6-8-4-5-10(12)14-7-8;1-7-5-3-2-4-6-7;1-2-4-6-5-3-1;1-2;;;/h5-17,19-21,27H,18H2,1-4H3;16-18H,1-15H2;4-8,11H,3,9-10H2,1-2H3;2-5,8H,6-7H2,1H3;1-6H;1-6H;1-2H3;2*1H;/q-1;;;;;;;;;+2/p-1/b;;7-4+,8-5+;3-2+;;;;;;/t27-;;;;;;;;;/m0........./s1. The van der Waals surface area contributed by atoms with Gasteiger partial charge in [0.05, 0.1) is 17.0 Å². The molecule has 530 valence electrons. The third kappa shape index (κ3) is 32.6. The van der Waals surface area contributed by atoms with Gasteiger partial charge in [-0.3, -0.25) is 0 Å². The van der Waals surface area contributed by atoms with Crippen molar-refractivity contribution in [3.05, 3.63) is 236 Å². The maximum atomic E-state index is 11.0. The van der Waals surface area contributed by atoms with Crippen LogP contribution in [-0.4, -0.2) is 78.4 Å². The van der Waals surface area contributed by atoms with Gasteiger partial charge in [-0.05, 0) is 138 Å². The molecule has 97 heavy (non-hydrogen) atoms. The maximum Gasteiger partial charge on any atom is -0.0623 e. The van der Waals surface area contributed by atoms with Crippen molar-refractivity contribution in [2.24, 2.45) is 11.8 Å². The van der Waals surface area contributed by atoms with Crippen LogP contribution in [0.3, 0.4) is 0 Å². The van der Waals surface area contributed by atoms with E-state index in [1.165, 1.54) is 69.3 Å². The number of ether oxygens (including phenoxy) is 4. The van der Waals surface area contributed by atoms with Crippen LogP contribution in [0.5, 0.6) is 0 Å². The number of cyclic esters (lactones) is 1. The third-order valence-corrected chi connectivity index (χ3v) is 23.7. The summed E-state index contributed by atoms with van der Waals surface area (Å²) in [6, 6.07) is 50.7. The van der Waals surface area contributed by atoms with Crippen LogP contribution in [-0.2, 0) is 51.6 Å². The fourth-order valence-corrected chi connectivity index (χ4v) is 19.6. The van der Waals surface area contributed by atoms with Crippen LogP contribution in [0.4, 0.5) is 11.4 Å². The van der Waals surface area contributed by atoms with Gasteiger partial charge in [0.1, 0.15) is 26.4 Å². The molecule has 2 heterocycles. The van der Waals surface area contributed by atoms with Gasteiger partial charge >= 0.3 is 97.3 Å².